The van der Waals surface area contributed by atoms with Crippen LogP contribution in [0.2, 0.25) is 0 Å². The van der Waals surface area contributed by atoms with Crippen molar-refractivity contribution in [2.45, 2.75) is 26.2 Å². The van der Waals surface area contributed by atoms with Crippen LogP contribution in [-0.4, -0.2) is 46.3 Å². The first-order valence-electron chi connectivity index (χ1n) is 16.0. The molecule has 0 fully saturated rings. The van der Waals surface area contributed by atoms with E-state index in [9.17, 15) is 30.6 Å². The third kappa shape index (κ3) is 4.44. The average molecular weight is 654 g/mol. The van der Waals surface area contributed by atoms with Crippen LogP contribution >= 0.6 is 0 Å². The van der Waals surface area contributed by atoms with Gasteiger partial charge in [0.1, 0.15) is 27.2 Å². The van der Waals surface area contributed by atoms with Gasteiger partial charge >= 0.3 is 0 Å². The summed E-state index contributed by atoms with van der Waals surface area (Å²) in [7, 11) is 12.6. The zero-order chi connectivity index (χ0) is 35.8. The summed E-state index contributed by atoms with van der Waals surface area (Å²) in [4.78, 5) is 0. The van der Waals surface area contributed by atoms with Crippen LogP contribution in [0.4, 0.5) is 0 Å². The molecule has 0 unspecified atom stereocenters. The van der Waals surface area contributed by atoms with Crippen molar-refractivity contribution in [3.8, 4) is 67.9 Å². The molecule has 0 aliphatic heterocycles. The molecule has 6 nitrogen and oxygen atoms in total. The van der Waals surface area contributed by atoms with E-state index in [2.05, 4.69) is 20.4 Å². The summed E-state index contributed by atoms with van der Waals surface area (Å²) in [5, 5.41) is 68.5. The summed E-state index contributed by atoms with van der Waals surface area (Å²) < 4.78 is 0. The van der Waals surface area contributed by atoms with Crippen molar-refractivity contribution in [2.75, 3.05) is 0 Å². The van der Waals surface area contributed by atoms with Crippen molar-refractivity contribution < 1.29 is 30.6 Å². The van der Waals surface area contributed by atoms with E-state index in [1.54, 1.807) is 18.2 Å². The highest BCUT2D eigenvalue weighted by atomic mass is 16.3. The minimum atomic E-state index is -0.958. The van der Waals surface area contributed by atoms with Crippen molar-refractivity contribution in [1.82, 2.24) is 0 Å². The fourth-order valence-corrected chi connectivity index (χ4v) is 7.51. The molecule has 0 saturated carbocycles. The van der Waals surface area contributed by atoms with Gasteiger partial charge in [-0.05, 0) is 57.5 Å². The summed E-state index contributed by atoms with van der Waals surface area (Å²) >= 11 is 0. The van der Waals surface area contributed by atoms with Crippen LogP contribution in [-0.2, 0) is 5.41 Å². The topological polar surface area (TPSA) is 121 Å². The Bertz CT molecular complexity index is 2410. The minimum Gasteiger partial charge on any atom is -0.508 e. The van der Waals surface area contributed by atoms with Gasteiger partial charge in [-0.3, -0.25) is 0 Å². The van der Waals surface area contributed by atoms with Gasteiger partial charge in [0.15, 0.2) is 11.5 Å². The number of aromatic hydroxyl groups is 6. The maximum Gasteiger partial charge on any atom is 0.204 e. The predicted octanol–water partition coefficient (Wildman–Crippen LogP) is 7.62. The Kier molecular flexibility index (Phi) is 7.52. The Hall–Kier alpha value is -6.01. The number of phenolic OH excluding ortho intramolecular Hbond substituents is 6. The summed E-state index contributed by atoms with van der Waals surface area (Å²) in [6.45, 7) is 10.1. The van der Waals surface area contributed by atoms with Crippen LogP contribution in [0.1, 0.15) is 31.9 Å². The Balaban J connectivity index is 1.67. The lowest BCUT2D eigenvalue weighted by Gasteiger charge is -2.26. The van der Waals surface area contributed by atoms with Crippen LogP contribution in [0.15, 0.2) is 103 Å². The first kappa shape index (κ1) is 32.5. The second kappa shape index (κ2) is 11.6. The summed E-state index contributed by atoms with van der Waals surface area (Å²) in [5.74, 6) is -4.36. The molecule has 4 radical (unpaired) electrons. The molecule has 7 rings (SSSR count). The van der Waals surface area contributed by atoms with E-state index in [0.29, 0.717) is 11.1 Å². The SMILES string of the molecule is [B]c1c([B])c(O)c2c(-c3ccc4c(c3)C(C)(C)C(C=C)=C4/C=C\C)c3c(O)c(O)c(O)c(O)c3c(-c3ccc(-c4ccccc4)cc3)c2c1O. The van der Waals surface area contributed by atoms with Crippen LogP contribution in [0.25, 0.3) is 60.5 Å². The van der Waals surface area contributed by atoms with Crippen molar-refractivity contribution in [3.05, 3.63) is 114 Å². The van der Waals surface area contributed by atoms with Gasteiger partial charge in [-0.1, -0.05) is 116 Å². The Labute approximate surface area is 292 Å². The zero-order valence-corrected chi connectivity index (χ0v) is 27.7. The number of allylic oxidation sites excluding steroid dienone is 5. The van der Waals surface area contributed by atoms with Gasteiger partial charge in [-0.25, -0.2) is 0 Å². The molecule has 0 amide bonds. The molecule has 8 heteroatoms. The van der Waals surface area contributed by atoms with Crippen LogP contribution < -0.4 is 10.9 Å². The molecule has 1 aliphatic rings. The number of hydrogen-bond donors (Lipinski definition) is 6. The second-order valence-electron chi connectivity index (χ2n) is 13.0. The third-order valence-corrected chi connectivity index (χ3v) is 9.97. The second-order valence-corrected chi connectivity index (χ2v) is 13.0. The molecule has 0 saturated heterocycles. The molecule has 6 aromatic carbocycles. The van der Waals surface area contributed by atoms with Crippen molar-refractivity contribution >= 4 is 53.7 Å². The molecule has 242 valence electrons. The lowest BCUT2D eigenvalue weighted by atomic mass is 9.73. The fraction of sp³-hybridized carbons (Fsp3) is 0.0952. The standard InChI is InChI=1S/C42H32B2O6/c1-5-10-24-25-18-17-23(19-27(25)42(3,4)26(24)6-2)29-31-30(36(45)34(43)35(44)37(31)46)28(32-33(29)39(48)41(50)40(49)38(32)47)22-15-13-21(14-16-22)20-11-8-7-9-12-20/h5-19,45-50H,2H2,1,3-4H3/b10-5-. The van der Waals surface area contributed by atoms with Gasteiger partial charge in [0.25, 0.3) is 0 Å². The Morgan fingerprint density at radius 2 is 1.04 bits per heavy atom. The van der Waals surface area contributed by atoms with E-state index >= 15 is 0 Å². The quantitative estimate of drug-likeness (QED) is 0.0493. The van der Waals surface area contributed by atoms with Gasteiger partial charge in [-0.2, -0.15) is 0 Å². The summed E-state index contributed by atoms with van der Waals surface area (Å²) in [6.07, 6.45) is 5.80. The molecule has 0 aromatic heterocycles. The fourth-order valence-electron chi connectivity index (χ4n) is 7.51. The molecule has 0 heterocycles. The minimum absolute atomic E-state index is 0.0169. The first-order chi connectivity index (χ1) is 23.8. The number of rotatable bonds is 5. The van der Waals surface area contributed by atoms with Crippen LogP contribution in [0, 0.1) is 0 Å². The molecular formula is C42H32B2O6. The highest BCUT2D eigenvalue weighted by Gasteiger charge is 2.37. The number of hydrogen-bond acceptors (Lipinski definition) is 6. The van der Waals surface area contributed by atoms with E-state index in [1.807, 2.05) is 79.7 Å². The molecule has 6 N–H and O–H groups in total. The van der Waals surface area contributed by atoms with Gasteiger partial charge in [0.05, 0.1) is 0 Å². The normalized spacial score (nSPS) is 13.8. The van der Waals surface area contributed by atoms with Crippen LogP contribution in [0.5, 0.6) is 34.5 Å². The maximum absolute atomic E-state index is 11.8. The molecule has 0 atom stereocenters. The van der Waals surface area contributed by atoms with Crippen molar-refractivity contribution in [3.63, 3.8) is 0 Å². The Morgan fingerprint density at radius 3 is 1.56 bits per heavy atom. The first-order valence-corrected chi connectivity index (χ1v) is 16.0. The van der Waals surface area contributed by atoms with Crippen molar-refractivity contribution in [2.24, 2.45) is 0 Å². The predicted molar refractivity (Wildman–Crippen MR) is 203 cm³/mol. The van der Waals surface area contributed by atoms with E-state index in [1.165, 1.54) is 0 Å². The zero-order valence-electron chi connectivity index (χ0n) is 27.7. The lowest BCUT2D eigenvalue weighted by molar-refractivity contribution is 0.351. The van der Waals surface area contributed by atoms with Crippen LogP contribution in [0.3, 0.4) is 0 Å². The number of phenols is 6. The monoisotopic (exact) mass is 654 g/mol. The van der Waals surface area contributed by atoms with E-state index < -0.39 is 39.9 Å². The number of benzene rings is 6. The smallest absolute Gasteiger partial charge is 0.204 e. The van der Waals surface area contributed by atoms with Gasteiger partial charge < -0.3 is 30.6 Å². The largest absolute Gasteiger partial charge is 0.508 e. The molecule has 0 bridgehead atoms. The highest BCUT2D eigenvalue weighted by molar-refractivity contribution is 6.53. The van der Waals surface area contributed by atoms with Gasteiger partial charge in [0, 0.05) is 38.1 Å². The molecule has 1 aliphatic carbocycles. The number of fused-ring (bicyclic) bond motifs is 3. The Morgan fingerprint density at radius 1 is 0.580 bits per heavy atom. The van der Waals surface area contributed by atoms with Gasteiger partial charge in [-0.15, -0.1) is 0 Å². The lowest BCUT2D eigenvalue weighted by Crippen LogP contribution is -2.26. The summed E-state index contributed by atoms with van der Waals surface area (Å²) in [5.41, 5.74) is 5.80. The third-order valence-electron chi connectivity index (χ3n) is 9.97. The molecule has 50 heavy (non-hydrogen) atoms. The molecule has 6 aromatic rings. The summed E-state index contributed by atoms with van der Waals surface area (Å²) in [6, 6.07) is 22.5. The molecule has 0 spiro atoms. The van der Waals surface area contributed by atoms with Crippen molar-refractivity contribution in [1.29, 1.82) is 0 Å². The maximum atomic E-state index is 11.8. The van der Waals surface area contributed by atoms with E-state index in [4.69, 9.17) is 15.7 Å². The van der Waals surface area contributed by atoms with E-state index in [-0.39, 0.29) is 43.6 Å². The van der Waals surface area contributed by atoms with Gasteiger partial charge in [0.2, 0.25) is 11.5 Å². The molecular weight excluding hydrogens is 622 g/mol. The highest BCUT2D eigenvalue weighted by Crippen LogP contribution is 2.59. The average Bonchev–Trinajstić information content (AvgIpc) is 3.34. The van der Waals surface area contributed by atoms with E-state index in [0.717, 1.165) is 33.4 Å².